The third-order valence-corrected chi connectivity index (χ3v) is 8.26. The SMILES string of the molecule is CS(=O)(=O)N(CC(=O)N1CCc2sccc2C1c1ccc(Cl)cc1Cl)CC1CC1. The van der Waals surface area contributed by atoms with Crippen molar-refractivity contribution in [1.29, 1.82) is 0 Å². The molecule has 1 saturated carbocycles. The summed E-state index contributed by atoms with van der Waals surface area (Å²) in [5, 5.41) is 3.05. The van der Waals surface area contributed by atoms with Gasteiger partial charge in [-0.15, -0.1) is 11.3 Å². The maximum atomic E-state index is 13.3. The molecule has 1 aliphatic heterocycles. The third-order valence-electron chi connectivity index (χ3n) is 5.48. The molecule has 1 atom stereocenters. The molecule has 1 aliphatic carbocycles. The molecule has 2 heterocycles. The number of benzene rings is 1. The fourth-order valence-electron chi connectivity index (χ4n) is 3.79. The van der Waals surface area contributed by atoms with E-state index in [-0.39, 0.29) is 18.5 Å². The van der Waals surface area contributed by atoms with Gasteiger partial charge in [0.15, 0.2) is 0 Å². The van der Waals surface area contributed by atoms with Gasteiger partial charge in [0.1, 0.15) is 0 Å². The standard InChI is InChI=1S/C20H22Cl2N2O3S2/c1-29(26,27)23(11-13-2-3-13)12-19(25)24-8-6-18-16(7-9-28-18)20(24)15-5-4-14(21)10-17(15)22/h4-5,7,9-10,13,20H,2-3,6,8,11-12H2,1H3. The van der Waals surface area contributed by atoms with Crippen LogP contribution < -0.4 is 0 Å². The molecule has 2 aromatic rings. The lowest BCUT2D eigenvalue weighted by Crippen LogP contribution is -2.47. The van der Waals surface area contributed by atoms with Crippen molar-refractivity contribution in [2.45, 2.75) is 25.3 Å². The molecule has 1 aromatic carbocycles. The van der Waals surface area contributed by atoms with Crippen molar-refractivity contribution < 1.29 is 13.2 Å². The second kappa shape index (κ2) is 8.19. The Hall–Kier alpha value is -1.12. The summed E-state index contributed by atoms with van der Waals surface area (Å²) < 4.78 is 25.8. The third kappa shape index (κ3) is 4.64. The number of hydrogen-bond donors (Lipinski definition) is 0. The van der Waals surface area contributed by atoms with Crippen LogP contribution in [0.5, 0.6) is 0 Å². The Bertz CT molecular complexity index is 1030. The fraction of sp³-hybridized carbons (Fsp3) is 0.450. The van der Waals surface area contributed by atoms with Gasteiger partial charge in [-0.2, -0.15) is 4.31 Å². The van der Waals surface area contributed by atoms with E-state index in [1.165, 1.54) is 15.4 Å². The van der Waals surface area contributed by atoms with E-state index in [0.29, 0.717) is 29.1 Å². The highest BCUT2D eigenvalue weighted by Gasteiger charge is 2.36. The van der Waals surface area contributed by atoms with Gasteiger partial charge >= 0.3 is 0 Å². The molecule has 4 rings (SSSR count). The van der Waals surface area contributed by atoms with Gasteiger partial charge in [0, 0.05) is 28.0 Å². The first-order valence-electron chi connectivity index (χ1n) is 9.50. The molecule has 1 unspecified atom stereocenters. The van der Waals surface area contributed by atoms with Crippen LogP contribution in [0, 0.1) is 5.92 Å². The number of hydrogen-bond acceptors (Lipinski definition) is 4. The molecule has 1 aromatic heterocycles. The molecule has 156 valence electrons. The molecular weight excluding hydrogens is 451 g/mol. The van der Waals surface area contributed by atoms with Gasteiger partial charge in [-0.1, -0.05) is 29.3 Å². The average molecular weight is 473 g/mol. The minimum atomic E-state index is -3.45. The number of carbonyl (C=O) groups excluding carboxylic acids is 1. The molecule has 0 saturated heterocycles. The normalized spacial score (nSPS) is 19.4. The van der Waals surface area contributed by atoms with E-state index in [0.717, 1.165) is 30.4 Å². The number of carbonyl (C=O) groups is 1. The van der Waals surface area contributed by atoms with Crippen LogP contribution in [0.15, 0.2) is 29.6 Å². The van der Waals surface area contributed by atoms with Crippen molar-refractivity contribution in [2.75, 3.05) is 25.9 Å². The van der Waals surface area contributed by atoms with Gasteiger partial charge in [-0.05, 0) is 59.9 Å². The zero-order chi connectivity index (χ0) is 20.8. The highest BCUT2D eigenvalue weighted by atomic mass is 35.5. The van der Waals surface area contributed by atoms with Crippen molar-refractivity contribution in [1.82, 2.24) is 9.21 Å². The zero-order valence-corrected chi connectivity index (χ0v) is 19.1. The Kier molecular flexibility index (Phi) is 5.97. The zero-order valence-electron chi connectivity index (χ0n) is 16.0. The number of nitrogens with zero attached hydrogens (tertiary/aromatic N) is 2. The monoisotopic (exact) mass is 472 g/mol. The molecule has 29 heavy (non-hydrogen) atoms. The first-order valence-corrected chi connectivity index (χ1v) is 13.0. The summed E-state index contributed by atoms with van der Waals surface area (Å²) in [4.78, 5) is 16.3. The Labute approximate surface area is 185 Å². The first kappa shape index (κ1) is 21.1. The van der Waals surface area contributed by atoms with Crippen molar-refractivity contribution in [2.24, 2.45) is 5.92 Å². The van der Waals surface area contributed by atoms with Crippen LogP contribution in [0.3, 0.4) is 0 Å². The van der Waals surface area contributed by atoms with Crippen molar-refractivity contribution in [3.63, 3.8) is 0 Å². The molecule has 9 heteroatoms. The van der Waals surface area contributed by atoms with Crippen molar-refractivity contribution in [3.8, 4) is 0 Å². The van der Waals surface area contributed by atoms with Crippen LogP contribution in [0.25, 0.3) is 0 Å². The minimum Gasteiger partial charge on any atom is -0.330 e. The van der Waals surface area contributed by atoms with Crippen LogP contribution in [0.1, 0.15) is 34.9 Å². The maximum absolute atomic E-state index is 13.3. The van der Waals surface area contributed by atoms with Gasteiger partial charge in [0.25, 0.3) is 0 Å². The molecule has 1 amide bonds. The lowest BCUT2D eigenvalue weighted by molar-refractivity contribution is -0.133. The molecule has 0 bridgehead atoms. The second-order valence-corrected chi connectivity index (χ2v) is 11.5. The molecular formula is C20H22Cl2N2O3S2. The topological polar surface area (TPSA) is 57.7 Å². The summed E-state index contributed by atoms with van der Waals surface area (Å²) in [6, 6.07) is 6.97. The summed E-state index contributed by atoms with van der Waals surface area (Å²) in [6.45, 7) is 0.794. The molecule has 0 radical (unpaired) electrons. The average Bonchev–Trinajstić information content (AvgIpc) is 3.33. The highest BCUT2D eigenvalue weighted by molar-refractivity contribution is 7.88. The molecule has 0 spiro atoms. The summed E-state index contributed by atoms with van der Waals surface area (Å²) in [5.41, 5.74) is 1.85. The van der Waals surface area contributed by atoms with E-state index in [9.17, 15) is 13.2 Å². The summed E-state index contributed by atoms with van der Waals surface area (Å²) >= 11 is 14.2. The molecule has 2 aliphatic rings. The number of sulfonamides is 1. The lowest BCUT2D eigenvalue weighted by Gasteiger charge is -2.37. The van der Waals surface area contributed by atoms with Gasteiger partial charge in [0.05, 0.1) is 18.8 Å². The predicted octanol–water partition coefficient (Wildman–Crippen LogP) is 4.20. The number of halogens is 2. The predicted molar refractivity (Wildman–Crippen MR) is 117 cm³/mol. The highest BCUT2D eigenvalue weighted by Crippen LogP contribution is 2.41. The van der Waals surface area contributed by atoms with E-state index < -0.39 is 10.0 Å². The second-order valence-electron chi connectivity index (χ2n) is 7.70. The molecule has 1 fully saturated rings. The number of amides is 1. The Morgan fingerprint density at radius 1 is 1.24 bits per heavy atom. The van der Waals surface area contributed by atoms with Crippen LogP contribution in [-0.2, 0) is 21.2 Å². The minimum absolute atomic E-state index is 0.142. The fourth-order valence-corrected chi connectivity index (χ4v) is 6.03. The van der Waals surface area contributed by atoms with Gasteiger partial charge in [-0.3, -0.25) is 4.79 Å². The van der Waals surface area contributed by atoms with Gasteiger partial charge < -0.3 is 4.90 Å². The summed E-state index contributed by atoms with van der Waals surface area (Å²) in [5.74, 6) is 0.160. The molecule has 5 nitrogen and oxygen atoms in total. The largest absolute Gasteiger partial charge is 0.330 e. The summed E-state index contributed by atoms with van der Waals surface area (Å²) in [6.07, 6.45) is 3.96. The van der Waals surface area contributed by atoms with Crippen LogP contribution >= 0.6 is 34.5 Å². The van der Waals surface area contributed by atoms with E-state index in [1.807, 2.05) is 17.5 Å². The van der Waals surface area contributed by atoms with Crippen molar-refractivity contribution in [3.05, 3.63) is 55.7 Å². The summed E-state index contributed by atoms with van der Waals surface area (Å²) in [7, 11) is -3.45. The smallest absolute Gasteiger partial charge is 0.238 e. The van der Waals surface area contributed by atoms with E-state index in [1.54, 1.807) is 28.4 Å². The van der Waals surface area contributed by atoms with E-state index in [4.69, 9.17) is 23.2 Å². The maximum Gasteiger partial charge on any atom is 0.238 e. The van der Waals surface area contributed by atoms with Crippen LogP contribution in [-0.4, -0.2) is 49.4 Å². The Morgan fingerprint density at radius 3 is 2.66 bits per heavy atom. The van der Waals surface area contributed by atoms with Gasteiger partial charge in [0.2, 0.25) is 15.9 Å². The van der Waals surface area contributed by atoms with Crippen LogP contribution in [0.2, 0.25) is 10.0 Å². The van der Waals surface area contributed by atoms with Gasteiger partial charge in [-0.25, -0.2) is 8.42 Å². The van der Waals surface area contributed by atoms with Crippen LogP contribution in [0.4, 0.5) is 0 Å². The number of thiophene rings is 1. The Morgan fingerprint density at radius 2 is 2.00 bits per heavy atom. The number of fused-ring (bicyclic) bond motifs is 1. The van der Waals surface area contributed by atoms with E-state index in [2.05, 4.69) is 0 Å². The Balaban J connectivity index is 1.66. The quantitative estimate of drug-likeness (QED) is 0.632. The first-order chi connectivity index (χ1) is 13.7. The van der Waals surface area contributed by atoms with E-state index >= 15 is 0 Å². The molecule has 0 N–H and O–H groups in total. The lowest BCUT2D eigenvalue weighted by atomic mass is 9.93. The van der Waals surface area contributed by atoms with Crippen molar-refractivity contribution >= 4 is 50.5 Å². The number of rotatable bonds is 6.